The summed E-state index contributed by atoms with van der Waals surface area (Å²) in [5.41, 5.74) is 4.22. The molecule has 134 valence electrons. The van der Waals surface area contributed by atoms with E-state index < -0.39 is 0 Å². The van der Waals surface area contributed by atoms with Crippen molar-refractivity contribution in [2.24, 2.45) is 5.10 Å². The number of para-hydroxylation sites is 1. The number of nitrogens with zero attached hydrogens (tertiary/aromatic N) is 3. The second-order valence-electron chi connectivity index (χ2n) is 5.49. The normalized spacial score (nSPS) is 11.0. The van der Waals surface area contributed by atoms with Gasteiger partial charge in [0, 0.05) is 6.54 Å². The average molecular weight is 352 g/mol. The minimum atomic E-state index is -0.0954. The SMILES string of the molecule is CCn1c(N/N=C\c2ccc(OC)c(OC)c2)nc2ccccc2c1=O. The highest BCUT2D eigenvalue weighted by Gasteiger charge is 2.08. The molecule has 0 radical (unpaired) electrons. The van der Waals surface area contributed by atoms with Gasteiger partial charge >= 0.3 is 0 Å². The zero-order valence-electron chi connectivity index (χ0n) is 14.9. The summed E-state index contributed by atoms with van der Waals surface area (Å²) in [7, 11) is 3.17. The van der Waals surface area contributed by atoms with E-state index in [0.29, 0.717) is 34.9 Å². The van der Waals surface area contributed by atoms with Crippen LogP contribution in [0.3, 0.4) is 0 Å². The number of fused-ring (bicyclic) bond motifs is 1. The van der Waals surface area contributed by atoms with Crippen LogP contribution in [-0.4, -0.2) is 30.0 Å². The molecule has 1 N–H and O–H groups in total. The zero-order chi connectivity index (χ0) is 18.5. The predicted molar refractivity (Wildman–Crippen MR) is 102 cm³/mol. The van der Waals surface area contributed by atoms with Gasteiger partial charge in [-0.1, -0.05) is 12.1 Å². The lowest BCUT2D eigenvalue weighted by Gasteiger charge is -2.10. The second kappa shape index (κ2) is 7.69. The van der Waals surface area contributed by atoms with E-state index in [1.54, 1.807) is 43.2 Å². The van der Waals surface area contributed by atoms with Gasteiger partial charge in [0.1, 0.15) is 0 Å². The number of hydrogen-bond acceptors (Lipinski definition) is 6. The summed E-state index contributed by atoms with van der Waals surface area (Å²) in [4.78, 5) is 17.1. The molecule has 0 spiro atoms. The first-order chi connectivity index (χ1) is 12.7. The third kappa shape index (κ3) is 3.37. The molecule has 0 aliphatic carbocycles. The average Bonchev–Trinajstić information content (AvgIpc) is 2.68. The van der Waals surface area contributed by atoms with Gasteiger partial charge in [0.25, 0.3) is 5.56 Å². The fourth-order valence-electron chi connectivity index (χ4n) is 2.64. The number of methoxy groups -OCH3 is 2. The van der Waals surface area contributed by atoms with Gasteiger partial charge in [-0.25, -0.2) is 10.4 Å². The van der Waals surface area contributed by atoms with Crippen molar-refractivity contribution in [2.45, 2.75) is 13.5 Å². The highest BCUT2D eigenvalue weighted by Crippen LogP contribution is 2.26. The predicted octanol–water partition coefficient (Wildman–Crippen LogP) is 2.88. The van der Waals surface area contributed by atoms with Crippen molar-refractivity contribution in [2.75, 3.05) is 19.6 Å². The number of benzene rings is 2. The highest BCUT2D eigenvalue weighted by molar-refractivity contribution is 5.82. The van der Waals surface area contributed by atoms with Crippen LogP contribution in [0.1, 0.15) is 12.5 Å². The molecule has 0 aliphatic heterocycles. The van der Waals surface area contributed by atoms with Crippen molar-refractivity contribution in [1.82, 2.24) is 9.55 Å². The van der Waals surface area contributed by atoms with Crippen LogP contribution in [0, 0.1) is 0 Å². The summed E-state index contributed by atoms with van der Waals surface area (Å²) in [6, 6.07) is 12.7. The molecule has 0 saturated heterocycles. The lowest BCUT2D eigenvalue weighted by atomic mass is 10.2. The maximum atomic E-state index is 12.6. The molecule has 0 unspecified atom stereocenters. The summed E-state index contributed by atoms with van der Waals surface area (Å²) >= 11 is 0. The maximum absolute atomic E-state index is 12.6. The third-order valence-corrected chi connectivity index (χ3v) is 3.96. The lowest BCUT2D eigenvalue weighted by Crippen LogP contribution is -2.23. The van der Waals surface area contributed by atoms with Crippen LogP contribution < -0.4 is 20.5 Å². The molecule has 0 atom stereocenters. The van der Waals surface area contributed by atoms with Crippen LogP contribution >= 0.6 is 0 Å². The maximum Gasteiger partial charge on any atom is 0.262 e. The zero-order valence-corrected chi connectivity index (χ0v) is 14.9. The quantitative estimate of drug-likeness (QED) is 0.545. The molecule has 0 aliphatic rings. The Morgan fingerprint density at radius 1 is 1.15 bits per heavy atom. The Labute approximate surface area is 150 Å². The molecule has 7 nitrogen and oxygen atoms in total. The molecule has 7 heteroatoms. The molecule has 0 amide bonds. The number of hydrogen-bond donors (Lipinski definition) is 1. The Bertz CT molecular complexity index is 1010. The number of ether oxygens (including phenoxy) is 2. The fourth-order valence-corrected chi connectivity index (χ4v) is 2.64. The molecule has 0 bridgehead atoms. The van der Waals surface area contributed by atoms with Crippen molar-refractivity contribution < 1.29 is 9.47 Å². The van der Waals surface area contributed by atoms with E-state index in [1.165, 1.54) is 0 Å². The number of nitrogens with one attached hydrogen (secondary N) is 1. The first-order valence-corrected chi connectivity index (χ1v) is 8.18. The molecule has 1 aromatic heterocycles. The molecule has 0 saturated carbocycles. The number of rotatable bonds is 6. The molecule has 26 heavy (non-hydrogen) atoms. The van der Waals surface area contributed by atoms with Gasteiger partial charge in [-0.2, -0.15) is 5.10 Å². The van der Waals surface area contributed by atoms with Crippen LogP contribution in [0.4, 0.5) is 5.95 Å². The molecular formula is C19H20N4O3. The third-order valence-electron chi connectivity index (χ3n) is 3.96. The Balaban J connectivity index is 1.90. The Kier molecular flexibility index (Phi) is 5.17. The molecule has 1 heterocycles. The van der Waals surface area contributed by atoms with Gasteiger partial charge in [-0.05, 0) is 42.8 Å². The first kappa shape index (κ1) is 17.5. The summed E-state index contributed by atoms with van der Waals surface area (Å²) < 4.78 is 12.0. The second-order valence-corrected chi connectivity index (χ2v) is 5.49. The summed E-state index contributed by atoms with van der Waals surface area (Å²) in [5.74, 6) is 1.66. The summed E-state index contributed by atoms with van der Waals surface area (Å²) in [6.07, 6.45) is 1.63. The summed E-state index contributed by atoms with van der Waals surface area (Å²) in [5, 5.41) is 4.79. The topological polar surface area (TPSA) is 77.7 Å². The van der Waals surface area contributed by atoms with Gasteiger partial charge in [-0.3, -0.25) is 9.36 Å². The lowest BCUT2D eigenvalue weighted by molar-refractivity contribution is 0.355. The van der Waals surface area contributed by atoms with Gasteiger partial charge in [0.2, 0.25) is 5.95 Å². The van der Waals surface area contributed by atoms with E-state index in [4.69, 9.17) is 9.47 Å². The van der Waals surface area contributed by atoms with E-state index in [1.807, 2.05) is 31.2 Å². The van der Waals surface area contributed by atoms with Crippen molar-refractivity contribution in [3.05, 3.63) is 58.4 Å². The molecule has 0 fully saturated rings. The van der Waals surface area contributed by atoms with Crippen LogP contribution in [-0.2, 0) is 6.54 Å². The van der Waals surface area contributed by atoms with Gasteiger partial charge in [0.15, 0.2) is 11.5 Å². The van der Waals surface area contributed by atoms with Crippen LogP contribution in [0.15, 0.2) is 52.4 Å². The standard InChI is InChI=1S/C19H20N4O3/c1-4-23-18(24)14-7-5-6-8-15(14)21-19(23)22-20-12-13-9-10-16(25-2)17(11-13)26-3/h5-12H,4H2,1-3H3,(H,21,22)/b20-12-. The van der Waals surface area contributed by atoms with E-state index in [-0.39, 0.29) is 5.56 Å². The molecule has 3 rings (SSSR count). The van der Waals surface area contributed by atoms with Crippen molar-refractivity contribution in [3.63, 3.8) is 0 Å². The summed E-state index contributed by atoms with van der Waals surface area (Å²) in [6.45, 7) is 2.38. The Morgan fingerprint density at radius 3 is 2.65 bits per heavy atom. The van der Waals surface area contributed by atoms with Crippen LogP contribution in [0.25, 0.3) is 10.9 Å². The van der Waals surface area contributed by atoms with Crippen LogP contribution in [0.5, 0.6) is 11.5 Å². The largest absolute Gasteiger partial charge is 0.493 e. The van der Waals surface area contributed by atoms with E-state index >= 15 is 0 Å². The minimum absolute atomic E-state index is 0.0954. The fraction of sp³-hybridized carbons (Fsp3) is 0.211. The Morgan fingerprint density at radius 2 is 1.92 bits per heavy atom. The Hall–Kier alpha value is -3.35. The number of aromatic nitrogens is 2. The first-order valence-electron chi connectivity index (χ1n) is 8.18. The van der Waals surface area contributed by atoms with Gasteiger partial charge < -0.3 is 9.47 Å². The smallest absolute Gasteiger partial charge is 0.262 e. The van der Waals surface area contributed by atoms with E-state index in [0.717, 1.165) is 5.56 Å². The molecule has 2 aromatic carbocycles. The molecular weight excluding hydrogens is 332 g/mol. The van der Waals surface area contributed by atoms with E-state index in [9.17, 15) is 4.79 Å². The van der Waals surface area contributed by atoms with Crippen molar-refractivity contribution >= 4 is 23.1 Å². The van der Waals surface area contributed by atoms with Crippen LogP contribution in [0.2, 0.25) is 0 Å². The van der Waals surface area contributed by atoms with Gasteiger partial charge in [-0.15, -0.1) is 0 Å². The monoisotopic (exact) mass is 352 g/mol. The van der Waals surface area contributed by atoms with Gasteiger partial charge in [0.05, 0.1) is 31.3 Å². The van der Waals surface area contributed by atoms with Crippen molar-refractivity contribution in [3.8, 4) is 11.5 Å². The number of anilines is 1. The minimum Gasteiger partial charge on any atom is -0.493 e. The van der Waals surface area contributed by atoms with Crippen molar-refractivity contribution in [1.29, 1.82) is 0 Å². The van der Waals surface area contributed by atoms with E-state index in [2.05, 4.69) is 15.5 Å². The number of hydrazone groups is 1. The highest BCUT2D eigenvalue weighted by atomic mass is 16.5. The molecule has 3 aromatic rings.